The molecule has 150 valence electrons. The second-order valence-corrected chi connectivity index (χ2v) is 8.57. The highest BCUT2D eigenvalue weighted by molar-refractivity contribution is 5.22. The third-order valence-corrected chi connectivity index (χ3v) is 6.57. The summed E-state index contributed by atoms with van der Waals surface area (Å²) in [5, 5.41) is 0. The van der Waals surface area contributed by atoms with Gasteiger partial charge in [-0.3, -0.25) is 14.8 Å². The highest BCUT2D eigenvalue weighted by Crippen LogP contribution is 2.38. The van der Waals surface area contributed by atoms with Crippen LogP contribution in [0.25, 0.3) is 0 Å². The first kappa shape index (κ1) is 19.6. The van der Waals surface area contributed by atoms with Crippen LogP contribution in [-0.2, 0) is 24.2 Å². The van der Waals surface area contributed by atoms with E-state index in [4.69, 9.17) is 4.74 Å². The van der Waals surface area contributed by atoms with Crippen LogP contribution in [0.15, 0.2) is 48.8 Å². The average Bonchev–Trinajstić information content (AvgIpc) is 3.15. The summed E-state index contributed by atoms with van der Waals surface area (Å²) in [6, 6.07) is 13.8. The smallest absolute Gasteiger partial charge is 0.0723 e. The van der Waals surface area contributed by atoms with Crippen LogP contribution in [0.4, 0.5) is 0 Å². The summed E-state index contributed by atoms with van der Waals surface area (Å²) in [5.74, 6) is 0. The number of aromatic nitrogens is 1. The monoisotopic (exact) mass is 379 g/mol. The quantitative estimate of drug-likeness (QED) is 0.761. The average molecular weight is 380 g/mol. The summed E-state index contributed by atoms with van der Waals surface area (Å²) in [5.41, 5.74) is 4.21. The van der Waals surface area contributed by atoms with E-state index in [-0.39, 0.29) is 5.60 Å². The lowest BCUT2D eigenvalue weighted by Crippen LogP contribution is -2.44. The molecule has 4 rings (SSSR count). The van der Waals surface area contributed by atoms with Crippen molar-refractivity contribution in [3.8, 4) is 0 Å². The Balaban J connectivity index is 1.27. The van der Waals surface area contributed by atoms with Crippen LogP contribution >= 0.6 is 0 Å². The number of aryl methyl sites for hydroxylation is 1. The number of piperidine rings is 1. The van der Waals surface area contributed by atoms with Crippen molar-refractivity contribution in [2.75, 3.05) is 26.7 Å². The van der Waals surface area contributed by atoms with E-state index in [2.05, 4.69) is 59.1 Å². The summed E-state index contributed by atoms with van der Waals surface area (Å²) < 4.78 is 6.40. The first-order valence-electron chi connectivity index (χ1n) is 10.7. The van der Waals surface area contributed by atoms with E-state index in [9.17, 15) is 0 Å². The van der Waals surface area contributed by atoms with E-state index in [1.807, 2.05) is 18.5 Å². The molecule has 4 heteroatoms. The largest absolute Gasteiger partial charge is 0.373 e. The summed E-state index contributed by atoms with van der Waals surface area (Å²) in [6.07, 6.45) is 8.37. The molecule has 3 heterocycles. The molecular formula is C24H33N3O. The van der Waals surface area contributed by atoms with Crippen LogP contribution in [0.3, 0.4) is 0 Å². The molecule has 0 N–H and O–H groups in total. The fourth-order valence-electron chi connectivity index (χ4n) is 4.62. The van der Waals surface area contributed by atoms with Crippen molar-refractivity contribution < 1.29 is 4.74 Å². The molecule has 0 amide bonds. The van der Waals surface area contributed by atoms with Gasteiger partial charge in [-0.25, -0.2) is 0 Å². The second-order valence-electron chi connectivity index (χ2n) is 8.57. The lowest BCUT2D eigenvalue weighted by atomic mass is 9.87. The predicted octanol–water partition coefficient (Wildman–Crippen LogP) is 3.90. The number of rotatable bonds is 6. The van der Waals surface area contributed by atoms with Crippen molar-refractivity contribution in [1.29, 1.82) is 0 Å². The van der Waals surface area contributed by atoms with Gasteiger partial charge in [0, 0.05) is 44.6 Å². The summed E-state index contributed by atoms with van der Waals surface area (Å²) in [6.45, 7) is 7.34. The Morgan fingerprint density at radius 1 is 1.11 bits per heavy atom. The van der Waals surface area contributed by atoms with E-state index in [1.165, 1.54) is 16.7 Å². The van der Waals surface area contributed by atoms with Gasteiger partial charge in [0.25, 0.3) is 0 Å². The standard InChI is InChI=1S/C24H33N3O/c1-3-20-6-8-21(9-7-20)18-27-13-10-24(11-14-27)15-23(19-28-24)26(2)17-22-5-4-12-25-16-22/h4-9,12,16,23H,3,10-11,13-15,17-19H2,1-2H3/t23-/m0/s1. The number of ether oxygens (including phenoxy) is 1. The summed E-state index contributed by atoms with van der Waals surface area (Å²) in [7, 11) is 2.22. The number of nitrogens with zero attached hydrogens (tertiary/aromatic N) is 3. The minimum atomic E-state index is 0.0937. The maximum Gasteiger partial charge on any atom is 0.0723 e. The lowest BCUT2D eigenvalue weighted by molar-refractivity contribution is -0.0452. The second kappa shape index (κ2) is 8.73. The van der Waals surface area contributed by atoms with Crippen molar-refractivity contribution in [3.63, 3.8) is 0 Å². The third-order valence-electron chi connectivity index (χ3n) is 6.57. The molecule has 1 spiro atoms. The van der Waals surface area contributed by atoms with Crippen LogP contribution in [0, 0.1) is 0 Å². The molecule has 2 aliphatic rings. The topological polar surface area (TPSA) is 28.6 Å². The molecule has 4 nitrogen and oxygen atoms in total. The zero-order valence-corrected chi connectivity index (χ0v) is 17.3. The molecule has 0 unspecified atom stereocenters. The fraction of sp³-hybridized carbons (Fsp3) is 0.542. The van der Waals surface area contributed by atoms with Gasteiger partial charge in [0.1, 0.15) is 0 Å². The van der Waals surface area contributed by atoms with Gasteiger partial charge < -0.3 is 4.74 Å². The number of likely N-dealkylation sites (N-methyl/N-ethyl adjacent to an activating group) is 1. The van der Waals surface area contributed by atoms with Crippen LogP contribution < -0.4 is 0 Å². The Hall–Kier alpha value is -1.75. The number of pyridine rings is 1. The zero-order chi connectivity index (χ0) is 19.4. The van der Waals surface area contributed by atoms with Gasteiger partial charge in [-0.2, -0.15) is 0 Å². The molecule has 1 aromatic heterocycles. The molecule has 1 aromatic carbocycles. The Kier molecular flexibility index (Phi) is 6.10. The Morgan fingerprint density at radius 3 is 2.54 bits per heavy atom. The van der Waals surface area contributed by atoms with Gasteiger partial charge in [0.05, 0.1) is 12.2 Å². The van der Waals surface area contributed by atoms with Crippen LogP contribution in [0.5, 0.6) is 0 Å². The van der Waals surface area contributed by atoms with E-state index in [0.29, 0.717) is 6.04 Å². The van der Waals surface area contributed by atoms with Crippen LogP contribution in [0.2, 0.25) is 0 Å². The fourth-order valence-corrected chi connectivity index (χ4v) is 4.62. The lowest BCUT2D eigenvalue weighted by Gasteiger charge is -2.39. The minimum Gasteiger partial charge on any atom is -0.373 e. The van der Waals surface area contributed by atoms with E-state index in [1.54, 1.807) is 0 Å². The van der Waals surface area contributed by atoms with Crippen molar-refractivity contribution in [1.82, 2.24) is 14.8 Å². The summed E-state index contributed by atoms with van der Waals surface area (Å²) >= 11 is 0. The molecule has 0 aliphatic carbocycles. The van der Waals surface area contributed by atoms with E-state index < -0.39 is 0 Å². The molecule has 2 fully saturated rings. The maximum atomic E-state index is 6.40. The zero-order valence-electron chi connectivity index (χ0n) is 17.3. The summed E-state index contributed by atoms with van der Waals surface area (Å²) in [4.78, 5) is 9.26. The molecule has 28 heavy (non-hydrogen) atoms. The number of hydrogen-bond acceptors (Lipinski definition) is 4. The highest BCUT2D eigenvalue weighted by Gasteiger charge is 2.43. The third kappa shape index (κ3) is 4.62. The number of hydrogen-bond donors (Lipinski definition) is 0. The Morgan fingerprint density at radius 2 is 1.86 bits per heavy atom. The molecule has 2 saturated heterocycles. The van der Waals surface area contributed by atoms with Gasteiger partial charge in [-0.1, -0.05) is 37.3 Å². The molecule has 0 radical (unpaired) electrons. The van der Waals surface area contributed by atoms with Crippen LogP contribution in [0.1, 0.15) is 42.9 Å². The number of likely N-dealkylation sites (tertiary alicyclic amines) is 1. The predicted molar refractivity (Wildman–Crippen MR) is 113 cm³/mol. The van der Waals surface area contributed by atoms with Crippen molar-refractivity contribution >= 4 is 0 Å². The Bertz CT molecular complexity index is 738. The van der Waals surface area contributed by atoms with Crippen LogP contribution in [-0.4, -0.2) is 53.2 Å². The van der Waals surface area contributed by atoms with Gasteiger partial charge >= 0.3 is 0 Å². The van der Waals surface area contributed by atoms with E-state index >= 15 is 0 Å². The van der Waals surface area contributed by atoms with E-state index in [0.717, 1.165) is 58.5 Å². The number of benzene rings is 1. The highest BCUT2D eigenvalue weighted by atomic mass is 16.5. The maximum absolute atomic E-state index is 6.40. The van der Waals surface area contributed by atoms with Crippen molar-refractivity contribution in [2.45, 2.75) is 57.3 Å². The van der Waals surface area contributed by atoms with Crippen molar-refractivity contribution in [3.05, 3.63) is 65.5 Å². The molecule has 0 saturated carbocycles. The van der Waals surface area contributed by atoms with Gasteiger partial charge in [-0.15, -0.1) is 0 Å². The first-order valence-corrected chi connectivity index (χ1v) is 10.7. The van der Waals surface area contributed by atoms with Gasteiger partial charge in [-0.05, 0) is 55.5 Å². The molecule has 2 aromatic rings. The first-order chi connectivity index (χ1) is 13.7. The normalized spacial score (nSPS) is 22.2. The minimum absolute atomic E-state index is 0.0937. The Labute approximate surface area is 169 Å². The molecule has 2 aliphatic heterocycles. The van der Waals surface area contributed by atoms with Gasteiger partial charge in [0.15, 0.2) is 0 Å². The van der Waals surface area contributed by atoms with Crippen molar-refractivity contribution in [2.24, 2.45) is 0 Å². The van der Waals surface area contributed by atoms with Gasteiger partial charge in [0.2, 0.25) is 0 Å². The SMILES string of the molecule is CCc1ccc(CN2CCC3(CC2)C[C@H](N(C)Cc2cccnc2)CO3)cc1. The molecular weight excluding hydrogens is 346 g/mol. The molecule has 0 bridgehead atoms. The molecule has 1 atom stereocenters.